The van der Waals surface area contributed by atoms with E-state index in [1.165, 1.54) is 0 Å². The first-order valence-electron chi connectivity index (χ1n) is 6.47. The van der Waals surface area contributed by atoms with Crippen LogP contribution in [0.25, 0.3) is 0 Å². The quantitative estimate of drug-likeness (QED) is 0.802. The number of aliphatic hydroxyl groups excluding tert-OH is 1. The number of nitrogens with two attached hydrogens (primary N) is 1. The standard InChI is InChI=1S/C13H19FN2O3S/c1-8-3-4-16(7-12(8)17)20(18,19)13-6-11(15)9(2)5-10(13)14/h5-6,8,12,17H,3-4,7,15H2,1-2H3. The molecule has 1 fully saturated rings. The van der Waals surface area contributed by atoms with Crippen LogP contribution in [0.1, 0.15) is 18.9 Å². The van der Waals surface area contributed by atoms with Gasteiger partial charge in [-0.15, -0.1) is 0 Å². The Morgan fingerprint density at radius 1 is 1.45 bits per heavy atom. The lowest BCUT2D eigenvalue weighted by Crippen LogP contribution is -2.45. The van der Waals surface area contributed by atoms with Gasteiger partial charge in [-0.25, -0.2) is 12.8 Å². The minimum atomic E-state index is -3.97. The zero-order chi connectivity index (χ0) is 15.1. The highest BCUT2D eigenvalue weighted by atomic mass is 32.2. The number of halogens is 1. The Kier molecular flexibility index (Phi) is 4.04. The summed E-state index contributed by atoms with van der Waals surface area (Å²) in [5.74, 6) is -0.779. The van der Waals surface area contributed by atoms with Crippen LogP contribution in [0.5, 0.6) is 0 Å². The average Bonchev–Trinajstić information content (AvgIpc) is 2.36. The maximum Gasteiger partial charge on any atom is 0.246 e. The van der Waals surface area contributed by atoms with Crippen molar-refractivity contribution < 1.29 is 17.9 Å². The van der Waals surface area contributed by atoms with Crippen molar-refractivity contribution in [3.63, 3.8) is 0 Å². The van der Waals surface area contributed by atoms with Gasteiger partial charge in [0.1, 0.15) is 10.7 Å². The Hall–Kier alpha value is -1.18. The smallest absolute Gasteiger partial charge is 0.246 e. The fourth-order valence-corrected chi connectivity index (χ4v) is 3.80. The van der Waals surface area contributed by atoms with Crippen molar-refractivity contribution in [3.05, 3.63) is 23.5 Å². The molecule has 0 spiro atoms. The van der Waals surface area contributed by atoms with Crippen molar-refractivity contribution in [2.75, 3.05) is 18.8 Å². The highest BCUT2D eigenvalue weighted by Crippen LogP contribution is 2.27. The lowest BCUT2D eigenvalue weighted by atomic mass is 9.98. The fraction of sp³-hybridized carbons (Fsp3) is 0.538. The summed E-state index contributed by atoms with van der Waals surface area (Å²) in [7, 11) is -3.97. The second kappa shape index (κ2) is 5.31. The van der Waals surface area contributed by atoms with Crippen molar-refractivity contribution in [2.24, 2.45) is 5.92 Å². The first-order valence-corrected chi connectivity index (χ1v) is 7.91. The Labute approximate surface area is 118 Å². The molecule has 0 amide bonds. The Balaban J connectivity index is 2.38. The second-order valence-electron chi connectivity index (χ2n) is 5.34. The number of β-amino-alcohol motifs (C(OH)–C–C–N with tert-alkyl or cyclic N) is 1. The van der Waals surface area contributed by atoms with Crippen molar-refractivity contribution in [1.29, 1.82) is 0 Å². The molecule has 1 aromatic carbocycles. The van der Waals surface area contributed by atoms with E-state index in [1.54, 1.807) is 6.92 Å². The molecule has 112 valence electrons. The number of benzene rings is 1. The molecule has 2 unspecified atom stereocenters. The summed E-state index contributed by atoms with van der Waals surface area (Å²) in [5.41, 5.74) is 6.39. The highest BCUT2D eigenvalue weighted by Gasteiger charge is 2.34. The van der Waals surface area contributed by atoms with Crippen LogP contribution in [-0.2, 0) is 10.0 Å². The highest BCUT2D eigenvalue weighted by molar-refractivity contribution is 7.89. The number of nitrogens with zero attached hydrogens (tertiary/aromatic N) is 1. The molecule has 3 N–H and O–H groups in total. The number of hydrogen-bond donors (Lipinski definition) is 2. The van der Waals surface area contributed by atoms with Gasteiger partial charge in [0, 0.05) is 18.8 Å². The molecule has 1 aliphatic heterocycles. The normalized spacial score (nSPS) is 24.8. The molecule has 1 heterocycles. The molecule has 0 bridgehead atoms. The lowest BCUT2D eigenvalue weighted by Gasteiger charge is -2.33. The van der Waals surface area contributed by atoms with E-state index < -0.39 is 26.8 Å². The number of anilines is 1. The molecule has 20 heavy (non-hydrogen) atoms. The van der Waals surface area contributed by atoms with Crippen LogP contribution < -0.4 is 5.73 Å². The van der Waals surface area contributed by atoms with E-state index in [4.69, 9.17) is 5.73 Å². The number of piperidine rings is 1. The number of aliphatic hydroxyl groups is 1. The predicted molar refractivity (Wildman–Crippen MR) is 74.1 cm³/mol. The Morgan fingerprint density at radius 3 is 2.70 bits per heavy atom. The van der Waals surface area contributed by atoms with Crippen molar-refractivity contribution in [1.82, 2.24) is 4.31 Å². The minimum absolute atomic E-state index is 0.0171. The summed E-state index contributed by atoms with van der Waals surface area (Å²) in [5, 5.41) is 9.80. The molecule has 7 heteroatoms. The largest absolute Gasteiger partial charge is 0.398 e. The summed E-state index contributed by atoms with van der Waals surface area (Å²) in [6.45, 7) is 3.73. The van der Waals surface area contributed by atoms with E-state index >= 15 is 0 Å². The summed E-state index contributed by atoms with van der Waals surface area (Å²) in [6, 6.07) is 2.26. The van der Waals surface area contributed by atoms with Crippen LogP contribution in [0.3, 0.4) is 0 Å². The van der Waals surface area contributed by atoms with Crippen LogP contribution in [0.4, 0.5) is 10.1 Å². The predicted octanol–water partition coefficient (Wildman–Crippen LogP) is 1.11. The van der Waals surface area contributed by atoms with Gasteiger partial charge in [-0.2, -0.15) is 4.31 Å². The van der Waals surface area contributed by atoms with Gasteiger partial charge in [-0.3, -0.25) is 0 Å². The van der Waals surface area contributed by atoms with E-state index in [2.05, 4.69) is 0 Å². The molecule has 2 rings (SSSR count). The van der Waals surface area contributed by atoms with Gasteiger partial charge in [-0.05, 0) is 37.0 Å². The Morgan fingerprint density at radius 2 is 2.10 bits per heavy atom. The summed E-state index contributed by atoms with van der Waals surface area (Å²) in [4.78, 5) is -0.428. The lowest BCUT2D eigenvalue weighted by molar-refractivity contribution is 0.0604. The maximum absolute atomic E-state index is 13.9. The fourth-order valence-electron chi connectivity index (χ4n) is 2.24. The van der Waals surface area contributed by atoms with Crippen molar-refractivity contribution >= 4 is 15.7 Å². The molecule has 0 aliphatic carbocycles. The molecule has 0 radical (unpaired) electrons. The summed E-state index contributed by atoms with van der Waals surface area (Å²) >= 11 is 0. The number of hydrogen-bond acceptors (Lipinski definition) is 4. The third-order valence-electron chi connectivity index (χ3n) is 3.82. The molecule has 1 saturated heterocycles. The molecule has 5 nitrogen and oxygen atoms in total. The molecular weight excluding hydrogens is 283 g/mol. The summed E-state index contributed by atoms with van der Waals surface area (Å²) < 4.78 is 39.9. The van der Waals surface area contributed by atoms with Gasteiger partial charge in [-0.1, -0.05) is 6.92 Å². The van der Waals surface area contributed by atoms with Gasteiger partial charge in [0.05, 0.1) is 6.10 Å². The van der Waals surface area contributed by atoms with Crippen LogP contribution in [0.2, 0.25) is 0 Å². The van der Waals surface area contributed by atoms with Crippen molar-refractivity contribution in [2.45, 2.75) is 31.3 Å². The number of aryl methyl sites for hydroxylation is 1. The SMILES string of the molecule is Cc1cc(F)c(S(=O)(=O)N2CCC(C)C(O)C2)cc1N. The number of rotatable bonds is 2. The third-order valence-corrected chi connectivity index (χ3v) is 5.70. The van der Waals surface area contributed by atoms with Gasteiger partial charge in [0.25, 0.3) is 0 Å². The zero-order valence-electron chi connectivity index (χ0n) is 11.5. The van der Waals surface area contributed by atoms with E-state index in [0.29, 0.717) is 12.0 Å². The van der Waals surface area contributed by atoms with E-state index in [0.717, 1.165) is 16.4 Å². The van der Waals surface area contributed by atoms with Gasteiger partial charge in [0.15, 0.2) is 0 Å². The zero-order valence-corrected chi connectivity index (χ0v) is 12.3. The van der Waals surface area contributed by atoms with Gasteiger partial charge in [0.2, 0.25) is 10.0 Å². The topological polar surface area (TPSA) is 83.6 Å². The minimum Gasteiger partial charge on any atom is -0.398 e. The van der Waals surface area contributed by atoms with Crippen LogP contribution in [0.15, 0.2) is 17.0 Å². The van der Waals surface area contributed by atoms with E-state index in [1.807, 2.05) is 6.92 Å². The molecule has 2 atom stereocenters. The van der Waals surface area contributed by atoms with Crippen LogP contribution in [-0.4, -0.2) is 37.0 Å². The van der Waals surface area contributed by atoms with Gasteiger partial charge < -0.3 is 10.8 Å². The first-order chi connectivity index (χ1) is 9.23. The molecule has 1 aromatic rings. The first kappa shape index (κ1) is 15.2. The molecule has 0 aromatic heterocycles. The summed E-state index contributed by atoms with van der Waals surface area (Å²) in [6.07, 6.45) is -0.187. The maximum atomic E-state index is 13.9. The second-order valence-corrected chi connectivity index (χ2v) is 7.24. The van der Waals surface area contributed by atoms with Gasteiger partial charge >= 0.3 is 0 Å². The molecule has 0 saturated carbocycles. The van der Waals surface area contributed by atoms with E-state index in [9.17, 15) is 17.9 Å². The monoisotopic (exact) mass is 302 g/mol. The number of nitrogen functional groups attached to an aromatic ring is 1. The third kappa shape index (κ3) is 2.65. The van der Waals surface area contributed by atoms with Crippen LogP contribution >= 0.6 is 0 Å². The average molecular weight is 302 g/mol. The van der Waals surface area contributed by atoms with Crippen LogP contribution in [0, 0.1) is 18.7 Å². The Bertz CT molecular complexity index is 618. The van der Waals surface area contributed by atoms with Crippen molar-refractivity contribution in [3.8, 4) is 0 Å². The molecule has 1 aliphatic rings. The number of sulfonamides is 1. The molecular formula is C13H19FN2O3S. The van der Waals surface area contributed by atoms with E-state index in [-0.39, 0.29) is 24.7 Å².